The van der Waals surface area contributed by atoms with Crippen LogP contribution >= 0.6 is 11.3 Å². The van der Waals surface area contributed by atoms with Gasteiger partial charge >= 0.3 is 0 Å². The summed E-state index contributed by atoms with van der Waals surface area (Å²) >= 11 is 1.40. The molecule has 0 aliphatic carbocycles. The standard InChI is InChI=1S/C26H23FN2O2S/c1-2-3-17-29(26-28-23(18-32-26)19-13-15-20(27)16-14-19)25(30)22-11-7-8-12-24(22)31-21-9-5-4-6-10-21/h4-16,18H,2-3,17H2,1H3. The molecule has 0 bridgehead atoms. The predicted octanol–water partition coefficient (Wildman–Crippen LogP) is 7.19. The number of anilines is 1. The molecule has 1 amide bonds. The fourth-order valence-corrected chi connectivity index (χ4v) is 4.09. The van der Waals surface area contributed by atoms with Crippen LogP contribution in [-0.4, -0.2) is 17.4 Å². The van der Waals surface area contributed by atoms with Crippen LogP contribution in [0, 0.1) is 5.82 Å². The number of benzene rings is 3. The molecule has 0 spiro atoms. The molecule has 0 atom stereocenters. The third-order valence-electron chi connectivity index (χ3n) is 4.93. The van der Waals surface area contributed by atoms with Gasteiger partial charge in [0.15, 0.2) is 5.13 Å². The molecule has 4 aromatic rings. The van der Waals surface area contributed by atoms with Gasteiger partial charge in [-0.25, -0.2) is 9.37 Å². The highest BCUT2D eigenvalue weighted by Gasteiger charge is 2.23. The number of hydrogen-bond donors (Lipinski definition) is 0. The summed E-state index contributed by atoms with van der Waals surface area (Å²) in [5, 5.41) is 2.50. The van der Waals surface area contributed by atoms with Gasteiger partial charge in [0.1, 0.15) is 17.3 Å². The molecule has 0 N–H and O–H groups in total. The van der Waals surface area contributed by atoms with Crippen molar-refractivity contribution in [3.63, 3.8) is 0 Å². The molecule has 0 radical (unpaired) electrons. The Morgan fingerprint density at radius 2 is 1.72 bits per heavy atom. The number of aromatic nitrogens is 1. The third kappa shape index (κ3) is 5.03. The van der Waals surface area contributed by atoms with E-state index in [0.29, 0.717) is 34.4 Å². The van der Waals surface area contributed by atoms with Crippen LogP contribution in [0.15, 0.2) is 84.2 Å². The van der Waals surface area contributed by atoms with E-state index < -0.39 is 0 Å². The summed E-state index contributed by atoms with van der Waals surface area (Å²) in [5.41, 5.74) is 2.00. The SMILES string of the molecule is CCCCN(C(=O)c1ccccc1Oc1ccccc1)c1nc(-c2ccc(F)cc2)cs1. The molecule has 1 aromatic heterocycles. The minimum Gasteiger partial charge on any atom is -0.457 e. The number of nitrogens with zero attached hydrogens (tertiary/aromatic N) is 2. The highest BCUT2D eigenvalue weighted by molar-refractivity contribution is 7.14. The summed E-state index contributed by atoms with van der Waals surface area (Å²) in [6, 6.07) is 22.8. The number of carbonyl (C=O) groups is 1. The van der Waals surface area contributed by atoms with Crippen molar-refractivity contribution >= 4 is 22.4 Å². The normalized spacial score (nSPS) is 10.7. The highest BCUT2D eigenvalue weighted by atomic mass is 32.1. The molecule has 32 heavy (non-hydrogen) atoms. The number of carbonyl (C=O) groups excluding carboxylic acids is 1. The molecule has 162 valence electrons. The molecule has 1 heterocycles. The predicted molar refractivity (Wildman–Crippen MR) is 127 cm³/mol. The average molecular weight is 447 g/mol. The number of ether oxygens (including phenoxy) is 1. The van der Waals surface area contributed by atoms with E-state index in [0.717, 1.165) is 18.4 Å². The first-order valence-corrected chi connectivity index (χ1v) is 11.4. The monoisotopic (exact) mass is 446 g/mol. The van der Waals surface area contributed by atoms with Crippen molar-refractivity contribution in [3.05, 3.63) is 95.6 Å². The zero-order valence-electron chi connectivity index (χ0n) is 17.7. The molecule has 0 fully saturated rings. The Balaban J connectivity index is 1.64. The van der Waals surface area contributed by atoms with E-state index >= 15 is 0 Å². The van der Waals surface area contributed by atoms with Crippen molar-refractivity contribution < 1.29 is 13.9 Å². The van der Waals surface area contributed by atoms with Crippen molar-refractivity contribution in [2.24, 2.45) is 0 Å². The Morgan fingerprint density at radius 1 is 1.00 bits per heavy atom. The Bertz CT molecular complexity index is 1180. The van der Waals surface area contributed by atoms with Gasteiger partial charge < -0.3 is 4.74 Å². The molecule has 0 saturated carbocycles. The molecule has 3 aromatic carbocycles. The minimum atomic E-state index is -0.293. The zero-order valence-corrected chi connectivity index (χ0v) is 18.5. The van der Waals surface area contributed by atoms with Gasteiger partial charge in [-0.05, 0) is 55.0 Å². The van der Waals surface area contributed by atoms with Crippen molar-refractivity contribution in [2.45, 2.75) is 19.8 Å². The maximum Gasteiger partial charge on any atom is 0.263 e. The maximum atomic E-state index is 13.6. The smallest absolute Gasteiger partial charge is 0.263 e. The second kappa shape index (κ2) is 10.2. The van der Waals surface area contributed by atoms with Crippen LogP contribution in [0.25, 0.3) is 11.3 Å². The number of para-hydroxylation sites is 2. The van der Waals surface area contributed by atoms with Gasteiger partial charge in [-0.15, -0.1) is 11.3 Å². The number of halogens is 1. The summed E-state index contributed by atoms with van der Waals surface area (Å²) in [4.78, 5) is 20.0. The number of hydrogen-bond acceptors (Lipinski definition) is 4. The third-order valence-corrected chi connectivity index (χ3v) is 5.80. The first kappa shape index (κ1) is 21.7. The lowest BCUT2D eigenvalue weighted by atomic mass is 10.1. The molecule has 0 aliphatic heterocycles. The van der Waals surface area contributed by atoms with Crippen molar-refractivity contribution in [2.75, 3.05) is 11.4 Å². The quantitative estimate of drug-likeness (QED) is 0.288. The summed E-state index contributed by atoms with van der Waals surface area (Å²) in [6.07, 6.45) is 1.79. The summed E-state index contributed by atoms with van der Waals surface area (Å²) in [6.45, 7) is 2.63. The van der Waals surface area contributed by atoms with Crippen LogP contribution in [0.4, 0.5) is 9.52 Å². The molecular formula is C26H23FN2O2S. The molecular weight excluding hydrogens is 423 g/mol. The molecule has 4 rings (SSSR count). The first-order valence-electron chi connectivity index (χ1n) is 10.5. The van der Waals surface area contributed by atoms with Gasteiger partial charge in [-0.1, -0.05) is 43.7 Å². The summed E-state index contributed by atoms with van der Waals surface area (Å²) in [5.74, 6) is 0.713. The van der Waals surface area contributed by atoms with E-state index in [4.69, 9.17) is 4.74 Å². The van der Waals surface area contributed by atoms with Gasteiger partial charge in [0.25, 0.3) is 5.91 Å². The van der Waals surface area contributed by atoms with Crippen LogP contribution < -0.4 is 9.64 Å². The van der Waals surface area contributed by atoms with Gasteiger partial charge in [0, 0.05) is 17.5 Å². The van der Waals surface area contributed by atoms with E-state index in [-0.39, 0.29) is 11.7 Å². The lowest BCUT2D eigenvalue weighted by Gasteiger charge is -2.21. The second-order valence-corrected chi connectivity index (χ2v) is 8.08. The topological polar surface area (TPSA) is 42.4 Å². The van der Waals surface area contributed by atoms with Gasteiger partial charge in [0.2, 0.25) is 0 Å². The van der Waals surface area contributed by atoms with Crippen molar-refractivity contribution in [1.82, 2.24) is 4.98 Å². The van der Waals surface area contributed by atoms with E-state index in [1.807, 2.05) is 47.8 Å². The minimum absolute atomic E-state index is 0.162. The van der Waals surface area contributed by atoms with E-state index in [9.17, 15) is 9.18 Å². The number of unbranched alkanes of at least 4 members (excludes halogenated alkanes) is 1. The zero-order chi connectivity index (χ0) is 22.3. The van der Waals surface area contributed by atoms with Crippen molar-refractivity contribution in [1.29, 1.82) is 0 Å². The largest absolute Gasteiger partial charge is 0.457 e. The second-order valence-electron chi connectivity index (χ2n) is 7.24. The Labute approximate surface area is 190 Å². The molecule has 0 saturated heterocycles. The van der Waals surface area contributed by atoms with Gasteiger partial charge in [0.05, 0.1) is 11.3 Å². The summed E-state index contributed by atoms with van der Waals surface area (Å²) < 4.78 is 19.3. The first-order chi connectivity index (χ1) is 15.7. The summed E-state index contributed by atoms with van der Waals surface area (Å²) in [7, 11) is 0. The van der Waals surface area contributed by atoms with E-state index in [1.54, 1.807) is 29.2 Å². The lowest BCUT2D eigenvalue weighted by Crippen LogP contribution is -2.32. The van der Waals surface area contributed by atoms with Crippen molar-refractivity contribution in [3.8, 4) is 22.8 Å². The van der Waals surface area contributed by atoms with Crippen LogP contribution in [0.1, 0.15) is 30.1 Å². The Hall–Kier alpha value is -3.51. The van der Waals surface area contributed by atoms with Crippen LogP contribution in [0.3, 0.4) is 0 Å². The van der Waals surface area contributed by atoms with Crippen LogP contribution in [-0.2, 0) is 0 Å². The number of rotatable bonds is 8. The van der Waals surface area contributed by atoms with E-state index in [1.165, 1.54) is 23.5 Å². The number of thiazole rings is 1. The fraction of sp³-hybridized carbons (Fsp3) is 0.154. The lowest BCUT2D eigenvalue weighted by molar-refractivity contribution is 0.0984. The maximum absolute atomic E-state index is 13.6. The Kier molecular flexibility index (Phi) is 6.92. The van der Waals surface area contributed by atoms with Crippen LogP contribution in [0.5, 0.6) is 11.5 Å². The highest BCUT2D eigenvalue weighted by Crippen LogP contribution is 2.31. The Morgan fingerprint density at radius 3 is 2.47 bits per heavy atom. The average Bonchev–Trinajstić information content (AvgIpc) is 3.31. The van der Waals surface area contributed by atoms with E-state index in [2.05, 4.69) is 11.9 Å². The van der Waals surface area contributed by atoms with Gasteiger partial charge in [-0.2, -0.15) is 0 Å². The molecule has 4 nitrogen and oxygen atoms in total. The molecule has 6 heteroatoms. The molecule has 0 aliphatic rings. The molecule has 0 unspecified atom stereocenters. The van der Waals surface area contributed by atoms with Gasteiger partial charge in [-0.3, -0.25) is 9.69 Å². The fourth-order valence-electron chi connectivity index (χ4n) is 3.23. The van der Waals surface area contributed by atoms with Crippen LogP contribution in [0.2, 0.25) is 0 Å². The number of amides is 1.